The molecule has 2 unspecified atom stereocenters. The lowest BCUT2D eigenvalue weighted by Gasteiger charge is -2.25. The van der Waals surface area contributed by atoms with Gasteiger partial charge in [-0.25, -0.2) is 4.79 Å². The summed E-state index contributed by atoms with van der Waals surface area (Å²) >= 11 is 0. The van der Waals surface area contributed by atoms with E-state index >= 15 is 0 Å². The van der Waals surface area contributed by atoms with Crippen LogP contribution in [0.5, 0.6) is 0 Å². The molecule has 0 aromatic carbocycles. The zero-order chi connectivity index (χ0) is 68.2. The van der Waals surface area contributed by atoms with E-state index in [0.717, 1.165) is 70.6 Å². The number of nitrogens with zero attached hydrogens (tertiary/aromatic N) is 1. The van der Waals surface area contributed by atoms with E-state index in [1.165, 1.54) is 308 Å². The van der Waals surface area contributed by atoms with Crippen molar-refractivity contribution in [2.24, 2.45) is 0 Å². The first kappa shape index (κ1) is 91.0. The first-order chi connectivity index (χ1) is 46.1. The predicted octanol–water partition coefficient (Wildman–Crippen LogP) is 26.2. The smallest absolute Gasteiger partial charge is 0.361 e. The molecule has 0 saturated carbocycles. The Morgan fingerprint density at radius 2 is 0.606 bits per heavy atom. The van der Waals surface area contributed by atoms with E-state index < -0.39 is 18.4 Å². The molecule has 550 valence electrons. The Morgan fingerprint density at radius 3 is 0.904 bits per heavy atom. The summed E-state index contributed by atoms with van der Waals surface area (Å²) in [6.07, 6.45) is 98.2. The van der Waals surface area contributed by atoms with Crippen LogP contribution in [0.1, 0.15) is 406 Å². The van der Waals surface area contributed by atoms with E-state index in [0.29, 0.717) is 17.4 Å². The highest BCUT2D eigenvalue weighted by Gasteiger charge is 2.25. The molecule has 0 amide bonds. The number of carbonyl (C=O) groups is 3. The van der Waals surface area contributed by atoms with Crippen molar-refractivity contribution in [3.63, 3.8) is 0 Å². The molecule has 0 aromatic heterocycles. The number of carboxylic acids is 1. The Kier molecular flexibility index (Phi) is 73.3. The highest BCUT2D eigenvalue weighted by Crippen LogP contribution is 2.20. The molecule has 0 heterocycles. The third kappa shape index (κ3) is 76.4. The first-order valence-corrected chi connectivity index (χ1v) is 41.0. The SMILES string of the molecule is CC/C=C\C/C=C\C/C=C\C/C=C\C/C=C\CCCCCCCCCCCCCCCCCCCCCC(=O)OC(COC(=O)CCCCCCCCCCCCCCCCCCCCCCCCCCCCCCCCCCCC)COC(OCC[N+](C)(C)C)C(=O)O. The molecule has 0 spiro atoms. The lowest BCUT2D eigenvalue weighted by molar-refractivity contribution is -0.870. The summed E-state index contributed by atoms with van der Waals surface area (Å²) in [7, 11) is 6.00. The van der Waals surface area contributed by atoms with Crippen LogP contribution in [0.15, 0.2) is 60.8 Å². The summed E-state index contributed by atoms with van der Waals surface area (Å²) < 4.78 is 23.1. The number of carboxylic acid groups (broad SMARTS) is 1. The second-order valence-electron chi connectivity index (χ2n) is 29.1. The third-order valence-corrected chi connectivity index (χ3v) is 18.5. The minimum atomic E-state index is -1.51. The summed E-state index contributed by atoms with van der Waals surface area (Å²) in [5.74, 6) is -1.97. The van der Waals surface area contributed by atoms with Gasteiger partial charge in [0.05, 0.1) is 34.4 Å². The van der Waals surface area contributed by atoms with Gasteiger partial charge >= 0.3 is 17.9 Å². The zero-order valence-corrected chi connectivity index (χ0v) is 63.1. The van der Waals surface area contributed by atoms with Gasteiger partial charge in [-0.15, -0.1) is 0 Å². The number of carbonyl (C=O) groups excluding carboxylic acids is 2. The molecule has 0 aliphatic carbocycles. The van der Waals surface area contributed by atoms with Gasteiger partial charge in [0.1, 0.15) is 13.2 Å². The van der Waals surface area contributed by atoms with Crippen molar-refractivity contribution in [2.45, 2.75) is 418 Å². The van der Waals surface area contributed by atoms with E-state index in [2.05, 4.69) is 74.6 Å². The monoisotopic (exact) mass is 1320 g/mol. The lowest BCUT2D eigenvalue weighted by Crippen LogP contribution is -2.40. The highest BCUT2D eigenvalue weighted by molar-refractivity contribution is 5.71. The van der Waals surface area contributed by atoms with E-state index in [4.69, 9.17) is 18.9 Å². The Balaban J connectivity index is 3.96. The van der Waals surface area contributed by atoms with Crippen LogP contribution in [0.2, 0.25) is 0 Å². The summed E-state index contributed by atoms with van der Waals surface area (Å²) in [5, 5.41) is 9.78. The molecule has 1 N–H and O–H groups in total. The molecular formula is C85H158NO8+. The van der Waals surface area contributed by atoms with Crippen molar-refractivity contribution < 1.29 is 42.9 Å². The van der Waals surface area contributed by atoms with E-state index in [9.17, 15) is 19.5 Å². The van der Waals surface area contributed by atoms with Gasteiger partial charge in [0, 0.05) is 12.8 Å². The van der Waals surface area contributed by atoms with E-state index in [1.54, 1.807) is 0 Å². The quantitative estimate of drug-likeness (QED) is 0.0211. The van der Waals surface area contributed by atoms with Crippen molar-refractivity contribution >= 4 is 17.9 Å². The van der Waals surface area contributed by atoms with E-state index in [1.807, 2.05) is 21.1 Å². The van der Waals surface area contributed by atoms with Crippen LogP contribution in [0.3, 0.4) is 0 Å². The van der Waals surface area contributed by atoms with Gasteiger partial charge in [0.2, 0.25) is 0 Å². The number of quaternary nitrogens is 1. The predicted molar refractivity (Wildman–Crippen MR) is 406 cm³/mol. The van der Waals surface area contributed by atoms with Crippen molar-refractivity contribution in [3.05, 3.63) is 60.8 Å². The van der Waals surface area contributed by atoms with Crippen molar-refractivity contribution in [3.8, 4) is 0 Å². The van der Waals surface area contributed by atoms with Crippen LogP contribution >= 0.6 is 0 Å². The number of esters is 2. The lowest BCUT2D eigenvalue weighted by atomic mass is 10.0. The van der Waals surface area contributed by atoms with Gasteiger partial charge < -0.3 is 28.5 Å². The Hall–Kier alpha value is -3.01. The van der Waals surface area contributed by atoms with Crippen LogP contribution < -0.4 is 0 Å². The third-order valence-electron chi connectivity index (χ3n) is 18.5. The Bertz CT molecular complexity index is 1730. The molecule has 0 aromatic rings. The fraction of sp³-hybridized carbons (Fsp3) is 0.847. The maximum atomic E-state index is 13.0. The molecule has 94 heavy (non-hydrogen) atoms. The average molecular weight is 1320 g/mol. The number of rotatable bonds is 77. The molecule has 9 nitrogen and oxygen atoms in total. The number of hydrogen-bond acceptors (Lipinski definition) is 7. The normalized spacial score (nSPS) is 12.9. The van der Waals surface area contributed by atoms with Crippen molar-refractivity contribution in [1.29, 1.82) is 0 Å². The number of ether oxygens (including phenoxy) is 4. The molecule has 0 aliphatic rings. The summed E-state index contributed by atoms with van der Waals surface area (Å²) in [4.78, 5) is 37.8. The fourth-order valence-corrected chi connectivity index (χ4v) is 12.3. The minimum absolute atomic E-state index is 0.176. The number of allylic oxidation sites excluding steroid dienone is 10. The van der Waals surface area contributed by atoms with Gasteiger partial charge in [-0.05, 0) is 57.8 Å². The summed E-state index contributed by atoms with van der Waals surface area (Å²) in [6.45, 7) is 4.84. The molecule has 0 saturated heterocycles. The second-order valence-corrected chi connectivity index (χ2v) is 29.1. The maximum absolute atomic E-state index is 13.0. The summed E-state index contributed by atoms with van der Waals surface area (Å²) in [6, 6.07) is 0. The van der Waals surface area contributed by atoms with Gasteiger partial charge in [-0.2, -0.15) is 0 Å². The van der Waals surface area contributed by atoms with Crippen LogP contribution in [-0.2, 0) is 33.3 Å². The largest absolute Gasteiger partial charge is 0.477 e. The second kappa shape index (κ2) is 75.8. The molecule has 9 heteroatoms. The highest BCUT2D eigenvalue weighted by atomic mass is 16.7. The zero-order valence-electron chi connectivity index (χ0n) is 63.1. The maximum Gasteiger partial charge on any atom is 0.361 e. The van der Waals surface area contributed by atoms with E-state index in [-0.39, 0.29) is 38.2 Å². The first-order valence-electron chi connectivity index (χ1n) is 41.0. The molecule has 0 aliphatic heterocycles. The standard InChI is InChI=1S/C85H157NO8/c1-6-8-10-12-14-16-18-20-22-24-26-28-30-32-34-36-38-40-42-44-46-48-50-52-54-56-58-60-62-64-66-68-70-72-74-76-83(88)94-81(80-93-85(84(89)90)91-78-77-86(3,4)5)79-92-82(87)75-73-71-69-67-65-63-61-59-57-55-53-51-49-47-45-43-41-39-37-35-33-31-29-27-25-23-21-19-17-15-13-11-9-7-2/h8,10,14,16,20,22,26,28,32,34,81,85H,6-7,9,11-13,15,17-19,21,23-25,27,29-31,33,35-80H2,1-5H3/p+1/b10-8-,16-14-,22-20-,28-26-,34-32-. The molecule has 0 fully saturated rings. The summed E-state index contributed by atoms with van der Waals surface area (Å²) in [5.41, 5.74) is 0. The van der Waals surface area contributed by atoms with Crippen LogP contribution in [0.25, 0.3) is 0 Å². The Morgan fingerprint density at radius 1 is 0.330 bits per heavy atom. The van der Waals surface area contributed by atoms with Crippen LogP contribution in [0.4, 0.5) is 0 Å². The molecule has 0 bridgehead atoms. The van der Waals surface area contributed by atoms with Gasteiger partial charge in [0.15, 0.2) is 6.10 Å². The molecule has 0 rings (SSSR count). The minimum Gasteiger partial charge on any atom is -0.477 e. The van der Waals surface area contributed by atoms with Gasteiger partial charge in [0.25, 0.3) is 6.29 Å². The van der Waals surface area contributed by atoms with Crippen LogP contribution in [0, 0.1) is 0 Å². The van der Waals surface area contributed by atoms with Crippen molar-refractivity contribution in [1.82, 2.24) is 0 Å². The van der Waals surface area contributed by atoms with Crippen molar-refractivity contribution in [2.75, 3.05) is 47.5 Å². The van der Waals surface area contributed by atoms with Gasteiger partial charge in [-0.3, -0.25) is 9.59 Å². The molecule has 2 atom stereocenters. The molecule has 0 radical (unpaired) electrons. The number of unbranched alkanes of at least 4 members (excludes halogenated alkanes) is 52. The fourth-order valence-electron chi connectivity index (χ4n) is 12.3. The average Bonchev–Trinajstić information content (AvgIpc) is 3.76. The topological polar surface area (TPSA) is 108 Å². The number of hydrogen-bond donors (Lipinski definition) is 1. The molecular weight excluding hydrogens is 1160 g/mol. The Labute approximate surface area is 584 Å². The number of likely N-dealkylation sites (N-methyl/N-ethyl adjacent to an activating group) is 1. The van der Waals surface area contributed by atoms with Crippen LogP contribution in [-0.4, -0.2) is 87.4 Å². The number of aliphatic carboxylic acids is 1. The van der Waals surface area contributed by atoms with Gasteiger partial charge in [-0.1, -0.05) is 396 Å².